The summed E-state index contributed by atoms with van der Waals surface area (Å²) < 4.78 is 0.281. The maximum atomic E-state index is 10.2. The number of hydrogen-bond donors (Lipinski definition) is 0. The van der Waals surface area contributed by atoms with Crippen LogP contribution in [0.5, 0.6) is 0 Å². The molecule has 0 aromatic carbocycles. The number of halogens is 1. The maximum absolute atomic E-state index is 10.2. The quantitative estimate of drug-likeness (QED) is 0.309. The van der Waals surface area contributed by atoms with Crippen LogP contribution >= 0.6 is 22.6 Å². The molecule has 0 heterocycles. The Kier molecular flexibility index (Phi) is 2.42. The summed E-state index contributed by atoms with van der Waals surface area (Å²) in [5.41, 5.74) is 0.214. The van der Waals surface area contributed by atoms with E-state index in [4.69, 9.17) is 0 Å². The van der Waals surface area contributed by atoms with E-state index in [1.807, 2.05) is 6.08 Å². The molecule has 10 heavy (non-hydrogen) atoms. The lowest BCUT2D eigenvalue weighted by Gasteiger charge is -2.03. The molecule has 0 saturated carbocycles. The van der Waals surface area contributed by atoms with Gasteiger partial charge in [-0.15, -0.1) is 0 Å². The summed E-state index contributed by atoms with van der Waals surface area (Å²) in [6, 6.07) is 0. The molecule has 0 radical (unpaired) electrons. The molecule has 0 spiro atoms. The van der Waals surface area contributed by atoms with Crippen LogP contribution in [0.3, 0.4) is 0 Å². The van der Waals surface area contributed by atoms with Gasteiger partial charge in [0.05, 0.1) is 4.92 Å². The highest BCUT2D eigenvalue weighted by Gasteiger charge is 2.12. The van der Waals surface area contributed by atoms with Crippen molar-refractivity contribution in [1.82, 2.24) is 0 Å². The lowest BCUT2D eigenvalue weighted by atomic mass is 10.1. The molecule has 0 amide bonds. The number of allylic oxidation sites excluding steroid dienone is 3. The van der Waals surface area contributed by atoms with Crippen LogP contribution in [0.2, 0.25) is 0 Å². The Morgan fingerprint density at radius 3 is 2.90 bits per heavy atom. The van der Waals surface area contributed by atoms with Crippen LogP contribution in [0.25, 0.3) is 0 Å². The molecule has 0 bridgehead atoms. The van der Waals surface area contributed by atoms with Crippen molar-refractivity contribution in [3.63, 3.8) is 0 Å². The Morgan fingerprint density at radius 2 is 2.50 bits per heavy atom. The van der Waals surface area contributed by atoms with E-state index in [0.29, 0.717) is 0 Å². The maximum Gasteiger partial charge on any atom is 0.266 e. The molecule has 0 saturated heterocycles. The average molecular weight is 251 g/mol. The molecule has 0 aliphatic heterocycles. The summed E-state index contributed by atoms with van der Waals surface area (Å²) in [6.45, 7) is 0. The fourth-order valence-corrected chi connectivity index (χ4v) is 1.41. The molecule has 0 aromatic heterocycles. The van der Waals surface area contributed by atoms with Gasteiger partial charge in [0.25, 0.3) is 5.70 Å². The van der Waals surface area contributed by atoms with E-state index in [1.54, 1.807) is 12.2 Å². The molecule has 1 rings (SSSR count). The van der Waals surface area contributed by atoms with Gasteiger partial charge in [-0.2, -0.15) is 0 Å². The van der Waals surface area contributed by atoms with Crippen molar-refractivity contribution in [3.8, 4) is 0 Å². The molecule has 0 aromatic rings. The van der Waals surface area contributed by atoms with Crippen molar-refractivity contribution in [2.45, 2.75) is 10.3 Å². The molecule has 0 fully saturated rings. The Labute approximate surface area is 72.1 Å². The van der Waals surface area contributed by atoms with Crippen LogP contribution in [0, 0.1) is 10.1 Å². The van der Waals surface area contributed by atoms with Crippen LogP contribution in [-0.4, -0.2) is 8.85 Å². The average Bonchev–Trinajstić information content (AvgIpc) is 1.88. The minimum Gasteiger partial charge on any atom is -0.258 e. The van der Waals surface area contributed by atoms with Crippen LogP contribution < -0.4 is 0 Å². The topological polar surface area (TPSA) is 43.1 Å². The third-order valence-corrected chi connectivity index (χ3v) is 2.08. The summed E-state index contributed by atoms with van der Waals surface area (Å²) >= 11 is 2.17. The zero-order chi connectivity index (χ0) is 7.56. The lowest BCUT2D eigenvalue weighted by molar-refractivity contribution is -0.419. The van der Waals surface area contributed by atoms with Gasteiger partial charge >= 0.3 is 0 Å². The fraction of sp³-hybridized carbons (Fsp3) is 0.333. The van der Waals surface area contributed by atoms with Crippen LogP contribution in [0.1, 0.15) is 6.42 Å². The predicted octanol–water partition coefficient (Wildman–Crippen LogP) is 1.91. The predicted molar refractivity (Wildman–Crippen MR) is 46.6 cm³/mol. The highest BCUT2D eigenvalue weighted by Crippen LogP contribution is 2.17. The van der Waals surface area contributed by atoms with Gasteiger partial charge < -0.3 is 0 Å². The summed E-state index contributed by atoms with van der Waals surface area (Å²) in [5, 5.41) is 10.2. The van der Waals surface area contributed by atoms with Gasteiger partial charge in [0.2, 0.25) is 0 Å². The van der Waals surface area contributed by atoms with Gasteiger partial charge in [0.15, 0.2) is 0 Å². The lowest BCUT2D eigenvalue weighted by Crippen LogP contribution is -2.03. The molecule has 54 valence electrons. The second-order valence-electron chi connectivity index (χ2n) is 2.00. The normalized spacial score (nSPS) is 24.1. The van der Waals surface area contributed by atoms with E-state index < -0.39 is 0 Å². The minimum absolute atomic E-state index is 0.214. The first-order valence-corrected chi connectivity index (χ1v) is 4.11. The van der Waals surface area contributed by atoms with Gasteiger partial charge in [-0.1, -0.05) is 28.7 Å². The monoisotopic (exact) mass is 251 g/mol. The summed E-state index contributed by atoms with van der Waals surface area (Å²) in [4.78, 5) is 9.82. The molecule has 4 heteroatoms. The SMILES string of the molecule is O=[N+]([O-])C1=CC(I)CC=C1. The second kappa shape index (κ2) is 3.14. The van der Waals surface area contributed by atoms with Gasteiger partial charge in [-0.3, -0.25) is 10.1 Å². The molecular weight excluding hydrogens is 245 g/mol. The van der Waals surface area contributed by atoms with Crippen LogP contribution in [0.4, 0.5) is 0 Å². The van der Waals surface area contributed by atoms with Crippen LogP contribution in [0.15, 0.2) is 23.9 Å². The summed E-state index contributed by atoms with van der Waals surface area (Å²) in [6.07, 6.45) is 5.95. The Bertz CT molecular complexity index is 210. The third-order valence-electron chi connectivity index (χ3n) is 1.21. The van der Waals surface area contributed by atoms with E-state index in [1.165, 1.54) is 0 Å². The smallest absolute Gasteiger partial charge is 0.258 e. The van der Waals surface area contributed by atoms with E-state index >= 15 is 0 Å². The van der Waals surface area contributed by atoms with Crippen LogP contribution in [-0.2, 0) is 0 Å². The molecule has 0 N–H and O–H groups in total. The Balaban J connectivity index is 2.76. The first kappa shape index (κ1) is 7.71. The van der Waals surface area contributed by atoms with E-state index in [9.17, 15) is 10.1 Å². The first-order valence-electron chi connectivity index (χ1n) is 2.87. The van der Waals surface area contributed by atoms with E-state index in [0.717, 1.165) is 6.42 Å². The standard InChI is InChI=1S/C6H6INO2/c7-5-2-1-3-6(4-5)8(9)10/h1,3-5H,2H2. The molecule has 1 aliphatic rings. The highest BCUT2D eigenvalue weighted by atomic mass is 127. The minimum atomic E-state index is -0.360. The zero-order valence-electron chi connectivity index (χ0n) is 5.16. The van der Waals surface area contributed by atoms with Crippen molar-refractivity contribution in [2.75, 3.05) is 0 Å². The fourth-order valence-electron chi connectivity index (χ4n) is 0.749. The van der Waals surface area contributed by atoms with Gasteiger partial charge in [0.1, 0.15) is 0 Å². The molecule has 3 nitrogen and oxygen atoms in total. The number of hydrogen-bond acceptors (Lipinski definition) is 2. The van der Waals surface area contributed by atoms with E-state index in [2.05, 4.69) is 22.6 Å². The van der Waals surface area contributed by atoms with Crippen molar-refractivity contribution in [1.29, 1.82) is 0 Å². The second-order valence-corrected chi connectivity index (χ2v) is 3.60. The van der Waals surface area contributed by atoms with E-state index in [-0.39, 0.29) is 14.5 Å². The molecule has 1 aliphatic carbocycles. The third kappa shape index (κ3) is 1.80. The Morgan fingerprint density at radius 1 is 1.80 bits per heavy atom. The number of nitrogens with zero attached hydrogens (tertiary/aromatic N) is 1. The van der Waals surface area contributed by atoms with Crippen molar-refractivity contribution >= 4 is 22.6 Å². The van der Waals surface area contributed by atoms with Crippen molar-refractivity contribution in [2.24, 2.45) is 0 Å². The molecular formula is C6H6INO2. The van der Waals surface area contributed by atoms with Gasteiger partial charge in [-0.25, -0.2) is 0 Å². The summed E-state index contributed by atoms with van der Waals surface area (Å²) in [7, 11) is 0. The van der Waals surface area contributed by atoms with Crippen molar-refractivity contribution in [3.05, 3.63) is 34.0 Å². The van der Waals surface area contributed by atoms with Crippen molar-refractivity contribution < 1.29 is 4.92 Å². The Hall–Kier alpha value is -0.390. The molecule has 1 unspecified atom stereocenters. The number of rotatable bonds is 1. The largest absolute Gasteiger partial charge is 0.266 e. The highest BCUT2D eigenvalue weighted by molar-refractivity contribution is 14.1. The zero-order valence-corrected chi connectivity index (χ0v) is 7.32. The molecule has 1 atom stereocenters. The summed E-state index contributed by atoms with van der Waals surface area (Å²) in [5.74, 6) is 0. The van der Waals surface area contributed by atoms with Gasteiger partial charge in [-0.05, 0) is 6.42 Å². The number of alkyl halides is 1. The number of nitro groups is 1. The van der Waals surface area contributed by atoms with Gasteiger partial charge in [0, 0.05) is 16.1 Å². The first-order chi connectivity index (χ1) is 4.70.